The van der Waals surface area contributed by atoms with E-state index in [9.17, 15) is 9.59 Å². The SMILES string of the molecule is COc1ccc(-c2cc(C(C)=O)c(OC(C)=O)o2)cc1. The molecule has 0 aliphatic rings. The molecule has 0 saturated carbocycles. The van der Waals surface area contributed by atoms with Crippen LogP contribution in [0.4, 0.5) is 0 Å². The summed E-state index contributed by atoms with van der Waals surface area (Å²) >= 11 is 0. The van der Waals surface area contributed by atoms with E-state index < -0.39 is 5.97 Å². The van der Waals surface area contributed by atoms with Gasteiger partial charge in [-0.1, -0.05) is 0 Å². The summed E-state index contributed by atoms with van der Waals surface area (Å²) in [6, 6.07) is 8.69. The number of esters is 1. The number of benzene rings is 1. The first kappa shape index (κ1) is 13.9. The summed E-state index contributed by atoms with van der Waals surface area (Å²) in [6.07, 6.45) is 0. The molecule has 20 heavy (non-hydrogen) atoms. The Morgan fingerprint density at radius 1 is 1.10 bits per heavy atom. The Labute approximate surface area is 116 Å². The van der Waals surface area contributed by atoms with Crippen molar-refractivity contribution in [3.8, 4) is 23.0 Å². The van der Waals surface area contributed by atoms with E-state index in [0.29, 0.717) is 11.5 Å². The second-order valence-electron chi connectivity index (χ2n) is 4.19. The highest BCUT2D eigenvalue weighted by Gasteiger charge is 2.18. The van der Waals surface area contributed by atoms with Crippen molar-refractivity contribution in [2.75, 3.05) is 7.11 Å². The van der Waals surface area contributed by atoms with Crippen LogP contribution in [0.25, 0.3) is 11.3 Å². The third kappa shape index (κ3) is 2.88. The van der Waals surface area contributed by atoms with Crippen LogP contribution >= 0.6 is 0 Å². The van der Waals surface area contributed by atoms with Crippen LogP contribution in [0, 0.1) is 0 Å². The molecule has 1 aromatic carbocycles. The fourth-order valence-corrected chi connectivity index (χ4v) is 1.72. The number of Topliss-reactive ketones (excluding diaryl/α,β-unsaturated/α-hetero) is 1. The van der Waals surface area contributed by atoms with Crippen molar-refractivity contribution in [2.45, 2.75) is 13.8 Å². The Balaban J connectivity index is 2.41. The summed E-state index contributed by atoms with van der Waals surface area (Å²) in [7, 11) is 1.58. The van der Waals surface area contributed by atoms with Gasteiger partial charge in [0.25, 0.3) is 0 Å². The zero-order valence-corrected chi connectivity index (χ0v) is 11.4. The smallest absolute Gasteiger partial charge is 0.310 e. The first-order valence-electron chi connectivity index (χ1n) is 5.99. The second kappa shape index (κ2) is 5.61. The average Bonchev–Trinajstić information content (AvgIpc) is 2.82. The lowest BCUT2D eigenvalue weighted by Gasteiger charge is -2.00. The monoisotopic (exact) mass is 274 g/mol. The maximum Gasteiger partial charge on any atom is 0.310 e. The fraction of sp³-hybridized carbons (Fsp3) is 0.200. The molecule has 0 unspecified atom stereocenters. The maximum absolute atomic E-state index is 11.5. The molecule has 0 amide bonds. The number of carbonyl (C=O) groups is 2. The maximum atomic E-state index is 11.5. The van der Waals surface area contributed by atoms with Crippen molar-refractivity contribution in [3.05, 3.63) is 35.9 Å². The van der Waals surface area contributed by atoms with E-state index in [-0.39, 0.29) is 17.3 Å². The third-order valence-electron chi connectivity index (χ3n) is 2.69. The summed E-state index contributed by atoms with van der Waals surface area (Å²) < 4.78 is 15.4. The van der Waals surface area contributed by atoms with Gasteiger partial charge in [-0.2, -0.15) is 0 Å². The van der Waals surface area contributed by atoms with E-state index in [1.165, 1.54) is 13.8 Å². The van der Waals surface area contributed by atoms with Gasteiger partial charge < -0.3 is 13.9 Å². The molecule has 0 radical (unpaired) electrons. The molecule has 2 rings (SSSR count). The summed E-state index contributed by atoms with van der Waals surface area (Å²) in [5.74, 6) is 0.324. The lowest BCUT2D eigenvalue weighted by molar-refractivity contribution is -0.133. The number of methoxy groups -OCH3 is 1. The van der Waals surface area contributed by atoms with Gasteiger partial charge in [0.15, 0.2) is 5.78 Å². The van der Waals surface area contributed by atoms with E-state index in [1.807, 2.05) is 0 Å². The van der Waals surface area contributed by atoms with Crippen molar-refractivity contribution in [3.63, 3.8) is 0 Å². The average molecular weight is 274 g/mol. The van der Waals surface area contributed by atoms with Crippen molar-refractivity contribution >= 4 is 11.8 Å². The Hall–Kier alpha value is -2.56. The highest BCUT2D eigenvalue weighted by atomic mass is 16.6. The van der Waals surface area contributed by atoms with E-state index in [1.54, 1.807) is 37.4 Å². The zero-order valence-electron chi connectivity index (χ0n) is 11.4. The number of hydrogen-bond acceptors (Lipinski definition) is 5. The summed E-state index contributed by atoms with van der Waals surface area (Å²) in [5.41, 5.74) is 0.998. The molecule has 0 atom stereocenters. The van der Waals surface area contributed by atoms with Gasteiger partial charge in [-0.05, 0) is 37.3 Å². The number of furan rings is 1. The first-order valence-corrected chi connectivity index (χ1v) is 5.99. The Morgan fingerprint density at radius 2 is 1.75 bits per heavy atom. The van der Waals surface area contributed by atoms with Crippen LogP contribution in [0.3, 0.4) is 0 Å². The Bertz CT molecular complexity index is 637. The molecular weight excluding hydrogens is 260 g/mol. The number of rotatable bonds is 4. The first-order chi connectivity index (χ1) is 9.51. The second-order valence-corrected chi connectivity index (χ2v) is 4.19. The lowest BCUT2D eigenvalue weighted by Crippen LogP contribution is -2.03. The van der Waals surface area contributed by atoms with E-state index in [0.717, 1.165) is 5.56 Å². The molecule has 0 aliphatic carbocycles. The highest BCUT2D eigenvalue weighted by molar-refractivity contribution is 5.97. The van der Waals surface area contributed by atoms with Crippen LogP contribution in [0.15, 0.2) is 34.7 Å². The molecule has 0 N–H and O–H groups in total. The zero-order chi connectivity index (χ0) is 14.7. The van der Waals surface area contributed by atoms with Gasteiger partial charge in [0, 0.05) is 12.5 Å². The molecule has 2 aromatic rings. The van der Waals surface area contributed by atoms with Crippen LogP contribution in [0.5, 0.6) is 11.7 Å². The Morgan fingerprint density at radius 3 is 2.25 bits per heavy atom. The van der Waals surface area contributed by atoms with Crippen molar-refractivity contribution < 1.29 is 23.5 Å². The molecule has 1 heterocycles. The molecule has 5 nitrogen and oxygen atoms in total. The lowest BCUT2D eigenvalue weighted by atomic mass is 10.1. The number of carbonyl (C=O) groups excluding carboxylic acids is 2. The molecule has 1 aromatic heterocycles. The topological polar surface area (TPSA) is 65.7 Å². The predicted molar refractivity (Wildman–Crippen MR) is 72.0 cm³/mol. The molecular formula is C15H14O5. The van der Waals surface area contributed by atoms with Crippen LogP contribution < -0.4 is 9.47 Å². The van der Waals surface area contributed by atoms with Crippen LogP contribution in [0.1, 0.15) is 24.2 Å². The minimum atomic E-state index is -0.539. The molecule has 5 heteroatoms. The molecule has 104 valence electrons. The summed E-state index contributed by atoms with van der Waals surface area (Å²) in [5, 5.41) is 0. The standard InChI is InChI=1S/C15H14O5/c1-9(16)13-8-14(20-15(13)19-10(2)17)11-4-6-12(18-3)7-5-11/h4-8H,1-3H3. The van der Waals surface area contributed by atoms with Gasteiger partial charge in [-0.3, -0.25) is 9.59 Å². The minimum absolute atomic E-state index is 0.0733. The summed E-state index contributed by atoms with van der Waals surface area (Å²) in [4.78, 5) is 22.5. The van der Waals surface area contributed by atoms with E-state index >= 15 is 0 Å². The number of ether oxygens (including phenoxy) is 2. The summed E-state index contributed by atoms with van der Waals surface area (Å²) in [6.45, 7) is 2.63. The van der Waals surface area contributed by atoms with Gasteiger partial charge in [0.1, 0.15) is 17.1 Å². The molecule has 0 fully saturated rings. The third-order valence-corrected chi connectivity index (χ3v) is 2.69. The largest absolute Gasteiger partial charge is 0.497 e. The fourth-order valence-electron chi connectivity index (χ4n) is 1.72. The molecule has 0 saturated heterocycles. The van der Waals surface area contributed by atoms with Gasteiger partial charge in [-0.25, -0.2) is 0 Å². The van der Waals surface area contributed by atoms with Gasteiger partial charge in [-0.15, -0.1) is 0 Å². The van der Waals surface area contributed by atoms with Crippen LogP contribution in [0.2, 0.25) is 0 Å². The molecule has 0 aliphatic heterocycles. The van der Waals surface area contributed by atoms with Crippen molar-refractivity contribution in [2.24, 2.45) is 0 Å². The van der Waals surface area contributed by atoms with Gasteiger partial charge >= 0.3 is 11.9 Å². The normalized spacial score (nSPS) is 10.2. The van der Waals surface area contributed by atoms with Crippen LogP contribution in [-0.4, -0.2) is 18.9 Å². The number of ketones is 1. The number of hydrogen-bond donors (Lipinski definition) is 0. The molecule has 0 bridgehead atoms. The van der Waals surface area contributed by atoms with Crippen molar-refractivity contribution in [1.82, 2.24) is 0 Å². The van der Waals surface area contributed by atoms with Gasteiger partial charge in [0.05, 0.1) is 7.11 Å². The van der Waals surface area contributed by atoms with E-state index in [2.05, 4.69) is 0 Å². The van der Waals surface area contributed by atoms with Crippen molar-refractivity contribution in [1.29, 1.82) is 0 Å². The quantitative estimate of drug-likeness (QED) is 0.633. The minimum Gasteiger partial charge on any atom is -0.497 e. The predicted octanol–water partition coefficient (Wildman–Crippen LogP) is 3.08. The van der Waals surface area contributed by atoms with Gasteiger partial charge in [0.2, 0.25) is 0 Å². The molecule has 0 spiro atoms. The highest BCUT2D eigenvalue weighted by Crippen LogP contribution is 2.32. The Kier molecular flexibility index (Phi) is 3.89. The van der Waals surface area contributed by atoms with Crippen LogP contribution in [-0.2, 0) is 4.79 Å². The van der Waals surface area contributed by atoms with E-state index in [4.69, 9.17) is 13.9 Å².